The molecule has 0 aliphatic carbocycles. The highest BCUT2D eigenvalue weighted by Crippen LogP contribution is 2.36. The minimum absolute atomic E-state index is 0. The third-order valence-corrected chi connectivity index (χ3v) is 2.57. The molecule has 0 amide bonds. The Bertz CT molecular complexity index is 210. The Hall–Kier alpha value is -0.280. The highest BCUT2D eigenvalue weighted by Gasteiger charge is 2.58. The summed E-state index contributed by atoms with van der Waals surface area (Å²) in [5, 5.41) is 37.1. The predicted molar refractivity (Wildman–Crippen MR) is 42.3 cm³/mol. The van der Waals surface area contributed by atoms with Crippen molar-refractivity contribution >= 4 is 0 Å². The molecule has 0 spiro atoms. The largest absolute Gasteiger partial charge is 0.412 e. The number of aliphatic hydroxyl groups excluding tert-OH is 4. The highest BCUT2D eigenvalue weighted by atomic mass is 16.8. The minimum atomic E-state index is -1.55. The minimum Gasteiger partial charge on any atom is -0.412 e. The standard InChI is InChI=1S/C7H12O6.H2O/c8-2-7-6(11)5(10)4(9)3(13-7)1-12-7;/h3-6,8-11H,1-2H2;1H2/t3-,4-,5-,6+,7-;/m1./s1. The fourth-order valence-corrected chi connectivity index (χ4v) is 1.71. The maximum Gasteiger partial charge on any atom is 0.221 e. The van der Waals surface area contributed by atoms with Gasteiger partial charge in [0.1, 0.15) is 31.0 Å². The first-order chi connectivity index (χ1) is 6.10. The van der Waals surface area contributed by atoms with Crippen molar-refractivity contribution in [2.24, 2.45) is 0 Å². The van der Waals surface area contributed by atoms with Crippen molar-refractivity contribution in [2.45, 2.75) is 30.2 Å². The van der Waals surface area contributed by atoms with Gasteiger partial charge >= 0.3 is 0 Å². The number of aliphatic hydroxyl groups is 4. The van der Waals surface area contributed by atoms with Gasteiger partial charge in [-0.3, -0.25) is 0 Å². The van der Waals surface area contributed by atoms with E-state index in [4.69, 9.17) is 14.6 Å². The van der Waals surface area contributed by atoms with Crippen LogP contribution < -0.4 is 0 Å². The van der Waals surface area contributed by atoms with Crippen LogP contribution in [-0.4, -0.2) is 69.3 Å². The van der Waals surface area contributed by atoms with Crippen LogP contribution in [0.4, 0.5) is 0 Å². The summed E-state index contributed by atoms with van der Waals surface area (Å²) in [6.07, 6.45) is -4.61. The van der Waals surface area contributed by atoms with Crippen molar-refractivity contribution in [1.82, 2.24) is 0 Å². The van der Waals surface area contributed by atoms with Crippen LogP contribution in [0.15, 0.2) is 0 Å². The van der Waals surface area contributed by atoms with E-state index in [-0.39, 0.29) is 12.1 Å². The highest BCUT2D eigenvalue weighted by molar-refractivity contribution is 5.00. The van der Waals surface area contributed by atoms with E-state index in [1.54, 1.807) is 0 Å². The molecule has 2 fully saturated rings. The summed E-state index contributed by atoms with van der Waals surface area (Å²) in [4.78, 5) is 0. The molecular formula is C7H14O7. The van der Waals surface area contributed by atoms with E-state index in [2.05, 4.69) is 0 Å². The zero-order valence-corrected chi connectivity index (χ0v) is 7.33. The molecular weight excluding hydrogens is 196 g/mol. The lowest BCUT2D eigenvalue weighted by Crippen LogP contribution is -2.62. The van der Waals surface area contributed by atoms with Crippen LogP contribution in [0.1, 0.15) is 0 Å². The molecule has 0 aromatic rings. The average molecular weight is 210 g/mol. The molecule has 2 bridgehead atoms. The van der Waals surface area contributed by atoms with Crippen molar-refractivity contribution in [1.29, 1.82) is 0 Å². The zero-order valence-electron chi connectivity index (χ0n) is 7.33. The number of ether oxygens (including phenoxy) is 2. The van der Waals surface area contributed by atoms with E-state index in [1.807, 2.05) is 0 Å². The van der Waals surface area contributed by atoms with Crippen LogP contribution in [-0.2, 0) is 9.47 Å². The second kappa shape index (κ2) is 3.70. The van der Waals surface area contributed by atoms with E-state index >= 15 is 0 Å². The third kappa shape index (κ3) is 1.34. The van der Waals surface area contributed by atoms with Gasteiger partial charge < -0.3 is 35.4 Å². The Labute approximate surface area is 79.8 Å². The van der Waals surface area contributed by atoms with E-state index < -0.39 is 36.8 Å². The van der Waals surface area contributed by atoms with Gasteiger partial charge in [-0.15, -0.1) is 0 Å². The second-order valence-electron chi connectivity index (χ2n) is 3.36. The van der Waals surface area contributed by atoms with Crippen LogP contribution in [0.25, 0.3) is 0 Å². The lowest BCUT2D eigenvalue weighted by atomic mass is 9.95. The summed E-state index contributed by atoms with van der Waals surface area (Å²) >= 11 is 0. The molecule has 0 radical (unpaired) electrons. The van der Waals surface area contributed by atoms with Gasteiger partial charge in [-0.1, -0.05) is 0 Å². The van der Waals surface area contributed by atoms with Gasteiger partial charge in [-0.05, 0) is 0 Å². The molecule has 2 saturated heterocycles. The van der Waals surface area contributed by atoms with Crippen molar-refractivity contribution in [3.05, 3.63) is 0 Å². The number of hydrogen-bond acceptors (Lipinski definition) is 6. The van der Waals surface area contributed by atoms with Gasteiger partial charge in [0.15, 0.2) is 0 Å². The van der Waals surface area contributed by atoms with Crippen LogP contribution in [0.2, 0.25) is 0 Å². The molecule has 7 heteroatoms. The molecule has 2 rings (SSSR count). The first-order valence-corrected chi connectivity index (χ1v) is 4.07. The van der Waals surface area contributed by atoms with E-state index in [9.17, 15) is 15.3 Å². The third-order valence-electron chi connectivity index (χ3n) is 2.57. The Morgan fingerprint density at radius 3 is 2.43 bits per heavy atom. The molecule has 0 saturated carbocycles. The van der Waals surface area contributed by atoms with Crippen molar-refractivity contribution < 1.29 is 35.4 Å². The summed E-state index contributed by atoms with van der Waals surface area (Å²) < 4.78 is 10.1. The first-order valence-electron chi connectivity index (χ1n) is 4.07. The molecule has 14 heavy (non-hydrogen) atoms. The summed E-state index contributed by atoms with van der Waals surface area (Å²) in [6.45, 7) is -0.482. The smallest absolute Gasteiger partial charge is 0.221 e. The fourth-order valence-electron chi connectivity index (χ4n) is 1.71. The normalized spacial score (nSPS) is 51.4. The SMILES string of the molecule is O.OC[C@@]12OC[C@@H](O1)[C@@H](O)[C@@H](O)[C@@H]2O. The summed E-state index contributed by atoms with van der Waals surface area (Å²) in [5.74, 6) is -1.55. The Kier molecular flexibility index (Phi) is 3.12. The first kappa shape index (κ1) is 11.8. The van der Waals surface area contributed by atoms with Crippen molar-refractivity contribution in [3.8, 4) is 0 Å². The molecule has 2 aliphatic heterocycles. The van der Waals surface area contributed by atoms with E-state index in [1.165, 1.54) is 0 Å². The van der Waals surface area contributed by atoms with Crippen molar-refractivity contribution in [2.75, 3.05) is 13.2 Å². The number of hydrogen-bond donors (Lipinski definition) is 4. The average Bonchev–Trinajstić information content (AvgIpc) is 2.55. The summed E-state index contributed by atoms with van der Waals surface area (Å²) in [6, 6.07) is 0. The van der Waals surface area contributed by atoms with Gasteiger partial charge in [0.05, 0.1) is 6.61 Å². The molecule has 84 valence electrons. The molecule has 7 nitrogen and oxygen atoms in total. The molecule has 2 heterocycles. The molecule has 5 atom stereocenters. The Morgan fingerprint density at radius 2 is 1.86 bits per heavy atom. The van der Waals surface area contributed by atoms with Gasteiger partial charge in [0.2, 0.25) is 5.79 Å². The fraction of sp³-hybridized carbons (Fsp3) is 1.00. The number of rotatable bonds is 1. The quantitative estimate of drug-likeness (QED) is 0.353. The van der Waals surface area contributed by atoms with Crippen LogP contribution in [0, 0.1) is 0 Å². The van der Waals surface area contributed by atoms with Gasteiger partial charge in [0, 0.05) is 0 Å². The maximum absolute atomic E-state index is 9.47. The number of fused-ring (bicyclic) bond motifs is 2. The van der Waals surface area contributed by atoms with Crippen LogP contribution in [0.5, 0.6) is 0 Å². The van der Waals surface area contributed by atoms with Crippen LogP contribution >= 0.6 is 0 Å². The molecule has 2 aliphatic rings. The van der Waals surface area contributed by atoms with E-state index in [0.29, 0.717) is 0 Å². The van der Waals surface area contributed by atoms with Crippen LogP contribution in [0.3, 0.4) is 0 Å². The molecule has 0 aromatic carbocycles. The van der Waals surface area contributed by atoms with E-state index in [0.717, 1.165) is 0 Å². The second-order valence-corrected chi connectivity index (χ2v) is 3.36. The molecule has 0 aromatic heterocycles. The Morgan fingerprint density at radius 1 is 1.21 bits per heavy atom. The topological polar surface area (TPSA) is 131 Å². The maximum atomic E-state index is 9.47. The monoisotopic (exact) mass is 210 g/mol. The zero-order chi connectivity index (χ0) is 9.64. The van der Waals surface area contributed by atoms with Crippen molar-refractivity contribution in [3.63, 3.8) is 0 Å². The van der Waals surface area contributed by atoms with Gasteiger partial charge in [-0.25, -0.2) is 0 Å². The molecule has 6 N–H and O–H groups in total. The lowest BCUT2D eigenvalue weighted by molar-refractivity contribution is -0.305. The Balaban J connectivity index is 0.000000980. The van der Waals surface area contributed by atoms with Gasteiger partial charge in [-0.2, -0.15) is 0 Å². The summed E-state index contributed by atoms with van der Waals surface area (Å²) in [5.41, 5.74) is 0. The molecule has 0 unspecified atom stereocenters. The predicted octanol–water partition coefficient (Wildman–Crippen LogP) is -3.64. The van der Waals surface area contributed by atoms with Gasteiger partial charge in [0.25, 0.3) is 0 Å². The lowest BCUT2D eigenvalue weighted by Gasteiger charge is -2.39. The summed E-state index contributed by atoms with van der Waals surface area (Å²) in [7, 11) is 0.